The summed E-state index contributed by atoms with van der Waals surface area (Å²) in [4.78, 5) is 2.01. The molecule has 1 aliphatic heterocycles. The Hall–Kier alpha value is -2.29. The molecule has 1 saturated carbocycles. The number of ether oxygens (including phenoxy) is 1. The summed E-state index contributed by atoms with van der Waals surface area (Å²) in [5.74, 6) is 0.156. The number of sulfonamides is 1. The zero-order valence-electron chi connectivity index (χ0n) is 16.5. The molecule has 0 aromatic carbocycles. The minimum Gasteiger partial charge on any atom is -0.378 e. The molecule has 3 aromatic heterocycles. The number of rotatable bonds is 6. The number of pyridine rings is 1. The monoisotopic (exact) mass is 471 g/mol. The van der Waals surface area contributed by atoms with E-state index >= 15 is 0 Å². The van der Waals surface area contributed by atoms with Gasteiger partial charge in [-0.25, -0.2) is 21.9 Å². The van der Waals surface area contributed by atoms with Crippen LogP contribution in [0.3, 0.4) is 0 Å². The van der Waals surface area contributed by atoms with Crippen LogP contribution in [0.1, 0.15) is 31.2 Å². The number of hydrogen-bond acceptors (Lipinski definition) is 9. The van der Waals surface area contributed by atoms with Crippen LogP contribution in [-0.4, -0.2) is 65.1 Å². The molecule has 5 rings (SSSR count). The highest BCUT2D eigenvalue weighted by Gasteiger charge is 2.41. The number of fused-ring (bicyclic) bond motifs is 1. The van der Waals surface area contributed by atoms with Gasteiger partial charge in [0, 0.05) is 24.8 Å². The van der Waals surface area contributed by atoms with Crippen LogP contribution in [0.5, 0.6) is 0 Å². The van der Waals surface area contributed by atoms with Crippen LogP contribution in [0.25, 0.3) is 16.5 Å². The number of anilines is 1. The molecule has 0 amide bonds. The first-order chi connectivity index (χ1) is 14.8. The fourth-order valence-corrected chi connectivity index (χ4v) is 5.53. The summed E-state index contributed by atoms with van der Waals surface area (Å²) in [5, 5.41) is 15.3. The number of alkyl halides is 2. The normalized spacial score (nSPS) is 18.8. The lowest BCUT2D eigenvalue weighted by Crippen LogP contribution is -2.37. The molecule has 1 N–H and O–H groups in total. The summed E-state index contributed by atoms with van der Waals surface area (Å²) in [5.41, 5.74) is 0.528. The van der Waals surface area contributed by atoms with Gasteiger partial charge in [0.05, 0.1) is 18.9 Å². The van der Waals surface area contributed by atoms with Crippen LogP contribution in [0.4, 0.5) is 14.5 Å². The number of nitrogens with zero attached hydrogens (tertiary/aromatic N) is 6. The first-order valence-corrected chi connectivity index (χ1v) is 11.9. The molecule has 1 saturated heterocycles. The van der Waals surface area contributed by atoms with Crippen molar-refractivity contribution >= 4 is 32.7 Å². The van der Waals surface area contributed by atoms with E-state index in [4.69, 9.17) is 4.74 Å². The Morgan fingerprint density at radius 3 is 2.58 bits per heavy atom. The molecule has 2 fully saturated rings. The second-order valence-corrected chi connectivity index (χ2v) is 10.5. The molecular formula is C17H19F2N7O3S2. The first-order valence-electron chi connectivity index (χ1n) is 9.63. The molecule has 31 heavy (non-hydrogen) atoms. The van der Waals surface area contributed by atoms with E-state index in [0.717, 1.165) is 12.8 Å². The van der Waals surface area contributed by atoms with Gasteiger partial charge in [-0.1, -0.05) is 11.3 Å². The summed E-state index contributed by atoms with van der Waals surface area (Å²) in [6.07, 6.45) is 0.175. The summed E-state index contributed by atoms with van der Waals surface area (Å²) in [6, 6.07) is 1.57. The van der Waals surface area contributed by atoms with E-state index in [9.17, 15) is 17.2 Å². The fraction of sp³-hybridized carbons (Fsp3) is 0.529. The van der Waals surface area contributed by atoms with Crippen molar-refractivity contribution < 1.29 is 21.9 Å². The van der Waals surface area contributed by atoms with Crippen LogP contribution in [0.2, 0.25) is 0 Å². The Morgan fingerprint density at radius 2 is 1.94 bits per heavy atom. The van der Waals surface area contributed by atoms with Crippen LogP contribution >= 0.6 is 11.3 Å². The summed E-state index contributed by atoms with van der Waals surface area (Å²) in [7, 11) is -3.83. The van der Waals surface area contributed by atoms with Gasteiger partial charge >= 0.3 is 0 Å². The summed E-state index contributed by atoms with van der Waals surface area (Å²) < 4.78 is 61.8. The Morgan fingerprint density at radius 1 is 1.19 bits per heavy atom. The van der Waals surface area contributed by atoms with Gasteiger partial charge in [-0.2, -0.15) is 0 Å². The predicted molar refractivity (Wildman–Crippen MR) is 108 cm³/mol. The van der Waals surface area contributed by atoms with Crippen molar-refractivity contribution in [1.82, 2.24) is 29.5 Å². The van der Waals surface area contributed by atoms with Crippen molar-refractivity contribution in [3.05, 3.63) is 17.3 Å². The standard InChI is InChI=1S/C17H19F2N7O3S2/c1-17(2-3-17)24-31(27,28)10-8-11(25-4-6-29-7-5-25)13-20-21-14(26(13)9-10)16-23-22-15(30-16)12(18)19/h8-9,12,24H,2-7H2,1H3. The van der Waals surface area contributed by atoms with Gasteiger partial charge in [-0.05, 0) is 25.8 Å². The molecule has 0 unspecified atom stereocenters. The number of aromatic nitrogens is 5. The number of nitrogens with one attached hydrogen (secondary N) is 1. The van der Waals surface area contributed by atoms with Gasteiger partial charge in [0.2, 0.25) is 10.0 Å². The van der Waals surface area contributed by atoms with E-state index in [-0.39, 0.29) is 15.7 Å². The summed E-state index contributed by atoms with van der Waals surface area (Å²) >= 11 is 0.694. The van der Waals surface area contributed by atoms with Crippen LogP contribution in [0, 0.1) is 0 Å². The number of morpholine rings is 1. The van der Waals surface area contributed by atoms with Crippen molar-refractivity contribution in [1.29, 1.82) is 0 Å². The van der Waals surface area contributed by atoms with E-state index in [1.165, 1.54) is 10.6 Å². The maximum Gasteiger partial charge on any atom is 0.291 e. The minimum atomic E-state index is -3.83. The van der Waals surface area contributed by atoms with Crippen LogP contribution in [-0.2, 0) is 14.8 Å². The maximum absolute atomic E-state index is 13.1. The number of halogens is 2. The fourth-order valence-electron chi connectivity index (χ4n) is 3.37. The van der Waals surface area contributed by atoms with Gasteiger partial charge in [0.1, 0.15) is 4.90 Å². The lowest BCUT2D eigenvalue weighted by atomic mass is 10.3. The SMILES string of the molecule is CC1(NS(=O)(=O)c2cc(N3CCOCC3)c3nnc(-c4nnc(C(F)F)s4)n3c2)CC1. The van der Waals surface area contributed by atoms with Crippen molar-refractivity contribution in [2.75, 3.05) is 31.2 Å². The molecule has 0 bridgehead atoms. The van der Waals surface area contributed by atoms with Gasteiger partial charge in [0.15, 0.2) is 21.5 Å². The third-order valence-electron chi connectivity index (χ3n) is 5.32. The second-order valence-electron chi connectivity index (χ2n) is 7.79. The zero-order chi connectivity index (χ0) is 21.8. The minimum absolute atomic E-state index is 0.0364. The topological polar surface area (TPSA) is 115 Å². The quantitative estimate of drug-likeness (QED) is 0.579. The van der Waals surface area contributed by atoms with E-state index in [1.54, 1.807) is 6.07 Å². The second kappa shape index (κ2) is 7.39. The van der Waals surface area contributed by atoms with Gasteiger partial charge in [-0.3, -0.25) is 4.40 Å². The highest BCUT2D eigenvalue weighted by molar-refractivity contribution is 7.89. The molecule has 0 spiro atoms. The van der Waals surface area contributed by atoms with Crippen molar-refractivity contribution in [2.24, 2.45) is 0 Å². The Bertz CT molecular complexity index is 1230. The van der Waals surface area contributed by atoms with Crippen molar-refractivity contribution in [3.8, 4) is 10.8 Å². The zero-order valence-corrected chi connectivity index (χ0v) is 18.1. The average Bonchev–Trinajstić information content (AvgIpc) is 3.13. The molecule has 1 aliphatic carbocycles. The Kier molecular flexibility index (Phi) is 4.91. The molecule has 166 valence electrons. The highest BCUT2D eigenvalue weighted by atomic mass is 32.2. The van der Waals surface area contributed by atoms with Crippen LogP contribution in [0.15, 0.2) is 17.2 Å². The predicted octanol–water partition coefficient (Wildman–Crippen LogP) is 1.85. The van der Waals surface area contributed by atoms with E-state index in [2.05, 4.69) is 25.1 Å². The van der Waals surface area contributed by atoms with Crippen molar-refractivity contribution in [2.45, 2.75) is 36.6 Å². The molecule has 3 aromatic rings. The van der Waals surface area contributed by atoms with Crippen LogP contribution < -0.4 is 9.62 Å². The van der Waals surface area contributed by atoms with E-state index in [1.807, 2.05) is 11.8 Å². The molecular weight excluding hydrogens is 452 g/mol. The highest BCUT2D eigenvalue weighted by Crippen LogP contribution is 2.37. The first kappa shape index (κ1) is 20.6. The van der Waals surface area contributed by atoms with Gasteiger partial charge < -0.3 is 9.64 Å². The Balaban J connectivity index is 1.66. The van der Waals surface area contributed by atoms with Gasteiger partial charge in [-0.15, -0.1) is 20.4 Å². The average molecular weight is 472 g/mol. The molecule has 10 nitrogen and oxygen atoms in total. The molecule has 0 radical (unpaired) electrons. The third-order valence-corrected chi connectivity index (χ3v) is 7.85. The van der Waals surface area contributed by atoms with Crippen molar-refractivity contribution in [3.63, 3.8) is 0 Å². The summed E-state index contributed by atoms with van der Waals surface area (Å²) in [6.45, 7) is 3.95. The lowest BCUT2D eigenvalue weighted by Gasteiger charge is -2.29. The van der Waals surface area contributed by atoms with Gasteiger partial charge in [0.25, 0.3) is 6.43 Å². The Labute approximate surface area is 180 Å². The third kappa shape index (κ3) is 3.88. The smallest absolute Gasteiger partial charge is 0.291 e. The van der Waals surface area contributed by atoms with E-state index < -0.39 is 27.0 Å². The molecule has 0 atom stereocenters. The lowest BCUT2D eigenvalue weighted by molar-refractivity contribution is 0.123. The maximum atomic E-state index is 13.1. The molecule has 14 heteroatoms. The molecule has 4 heterocycles. The molecule has 2 aliphatic rings. The number of hydrogen-bond donors (Lipinski definition) is 1. The van der Waals surface area contributed by atoms with E-state index in [0.29, 0.717) is 49.0 Å². The largest absolute Gasteiger partial charge is 0.378 e.